The molecule has 0 amide bonds. The summed E-state index contributed by atoms with van der Waals surface area (Å²) in [6.07, 6.45) is 0.530. The Morgan fingerprint density at radius 3 is 2.38 bits per heavy atom. The summed E-state index contributed by atoms with van der Waals surface area (Å²) in [5, 5.41) is 9.98. The van der Waals surface area contributed by atoms with E-state index in [1.54, 1.807) is 7.11 Å². The summed E-state index contributed by atoms with van der Waals surface area (Å²) in [5.41, 5.74) is 1.28. The molecule has 1 N–H and O–H groups in total. The summed E-state index contributed by atoms with van der Waals surface area (Å²) in [7, 11) is 1.68. The first-order valence-electron chi connectivity index (χ1n) is 7.73. The van der Waals surface area contributed by atoms with Gasteiger partial charge in [0.15, 0.2) is 0 Å². The first-order chi connectivity index (χ1) is 10.1. The van der Waals surface area contributed by atoms with E-state index in [0.29, 0.717) is 25.8 Å². The highest BCUT2D eigenvalue weighted by atomic mass is 16.5. The lowest BCUT2D eigenvalue weighted by atomic mass is 10.1. The smallest absolute Gasteiger partial charge is 0.118 e. The normalized spacial score (nSPS) is 14.2. The van der Waals surface area contributed by atoms with Gasteiger partial charge in [-0.2, -0.15) is 0 Å². The van der Waals surface area contributed by atoms with E-state index in [-0.39, 0.29) is 0 Å². The first-order valence-corrected chi connectivity index (χ1v) is 7.73. The lowest BCUT2D eigenvalue weighted by Gasteiger charge is -2.30. The van der Waals surface area contributed by atoms with E-state index in [1.807, 2.05) is 19.1 Å². The van der Waals surface area contributed by atoms with Crippen LogP contribution in [0.2, 0.25) is 0 Å². The van der Waals surface area contributed by atoms with Gasteiger partial charge in [0, 0.05) is 19.2 Å². The average Bonchev–Trinajstić information content (AvgIpc) is 2.51. The highest BCUT2D eigenvalue weighted by Gasteiger charge is 2.16. The number of aliphatic hydroxyl groups excluding tert-OH is 1. The van der Waals surface area contributed by atoms with Crippen molar-refractivity contribution in [3.8, 4) is 5.75 Å². The Kier molecular flexibility index (Phi) is 8.35. The molecule has 0 spiro atoms. The Morgan fingerprint density at radius 2 is 1.86 bits per heavy atom. The third-order valence-corrected chi connectivity index (χ3v) is 3.68. The van der Waals surface area contributed by atoms with Gasteiger partial charge in [-0.05, 0) is 44.5 Å². The van der Waals surface area contributed by atoms with E-state index < -0.39 is 6.10 Å². The van der Waals surface area contributed by atoms with Gasteiger partial charge in [0.05, 0.1) is 19.8 Å². The molecule has 0 saturated carbocycles. The van der Waals surface area contributed by atoms with E-state index in [9.17, 15) is 5.11 Å². The summed E-state index contributed by atoms with van der Waals surface area (Å²) >= 11 is 0. The van der Waals surface area contributed by atoms with Gasteiger partial charge in [-0.15, -0.1) is 0 Å². The highest BCUT2D eigenvalue weighted by molar-refractivity contribution is 5.27. The van der Waals surface area contributed by atoms with Crippen molar-refractivity contribution >= 4 is 0 Å². The molecule has 0 saturated heterocycles. The number of hydrogen-bond acceptors (Lipinski definition) is 4. The molecular weight excluding hydrogens is 266 g/mol. The van der Waals surface area contributed by atoms with Crippen LogP contribution < -0.4 is 4.74 Å². The highest BCUT2D eigenvalue weighted by Crippen LogP contribution is 2.14. The van der Waals surface area contributed by atoms with Crippen molar-refractivity contribution in [1.82, 2.24) is 4.90 Å². The molecule has 120 valence electrons. The largest absolute Gasteiger partial charge is 0.497 e. The summed E-state index contributed by atoms with van der Waals surface area (Å²) in [5.74, 6) is 0.880. The van der Waals surface area contributed by atoms with Crippen LogP contribution in [0.1, 0.15) is 26.3 Å². The molecule has 1 aromatic rings. The van der Waals surface area contributed by atoms with Crippen molar-refractivity contribution in [2.24, 2.45) is 0 Å². The number of benzene rings is 1. The second-order valence-corrected chi connectivity index (χ2v) is 5.30. The zero-order valence-corrected chi connectivity index (χ0v) is 13.7. The summed E-state index contributed by atoms with van der Waals surface area (Å²) < 4.78 is 10.4. The van der Waals surface area contributed by atoms with E-state index >= 15 is 0 Å². The maximum absolute atomic E-state index is 9.98. The Bertz CT molecular complexity index is 380. The van der Waals surface area contributed by atoms with E-state index in [1.165, 1.54) is 5.56 Å². The molecule has 0 aliphatic rings. The zero-order valence-electron chi connectivity index (χ0n) is 13.7. The molecule has 2 atom stereocenters. The van der Waals surface area contributed by atoms with E-state index in [4.69, 9.17) is 9.47 Å². The fraction of sp³-hybridized carbons (Fsp3) is 0.647. The van der Waals surface area contributed by atoms with Gasteiger partial charge < -0.3 is 14.6 Å². The molecule has 0 bridgehead atoms. The standard InChI is InChI=1S/C17H29NO3/c1-5-18(12-16(19)13-21-6-2)14(3)11-15-7-9-17(20-4)10-8-15/h7-10,14,16,19H,5-6,11-13H2,1-4H3. The van der Waals surface area contributed by atoms with Crippen molar-refractivity contribution in [3.63, 3.8) is 0 Å². The quantitative estimate of drug-likeness (QED) is 0.719. The minimum absolute atomic E-state index is 0.375. The van der Waals surface area contributed by atoms with Crippen molar-refractivity contribution in [2.45, 2.75) is 39.3 Å². The zero-order chi connectivity index (χ0) is 15.7. The second kappa shape index (κ2) is 9.77. The van der Waals surface area contributed by atoms with Gasteiger partial charge in [-0.25, -0.2) is 0 Å². The molecule has 0 aliphatic carbocycles. The van der Waals surface area contributed by atoms with Crippen LogP contribution in [-0.2, 0) is 11.2 Å². The molecule has 0 heterocycles. The van der Waals surface area contributed by atoms with Crippen LogP contribution in [0.25, 0.3) is 0 Å². The average molecular weight is 295 g/mol. The van der Waals surface area contributed by atoms with Crippen LogP contribution in [0.5, 0.6) is 5.75 Å². The second-order valence-electron chi connectivity index (χ2n) is 5.30. The van der Waals surface area contributed by atoms with Crippen molar-refractivity contribution in [3.05, 3.63) is 29.8 Å². The van der Waals surface area contributed by atoms with Crippen molar-refractivity contribution in [1.29, 1.82) is 0 Å². The van der Waals surface area contributed by atoms with Gasteiger partial charge in [-0.1, -0.05) is 19.1 Å². The van der Waals surface area contributed by atoms with Gasteiger partial charge in [0.2, 0.25) is 0 Å². The molecule has 1 aromatic carbocycles. The number of aliphatic hydroxyl groups is 1. The van der Waals surface area contributed by atoms with Crippen LogP contribution in [-0.4, -0.2) is 55.6 Å². The molecule has 0 aliphatic heterocycles. The Hall–Kier alpha value is -1.10. The number of methoxy groups -OCH3 is 1. The molecule has 21 heavy (non-hydrogen) atoms. The maximum atomic E-state index is 9.98. The molecule has 4 nitrogen and oxygen atoms in total. The lowest BCUT2D eigenvalue weighted by molar-refractivity contribution is 0.0150. The Morgan fingerprint density at radius 1 is 1.19 bits per heavy atom. The fourth-order valence-electron chi connectivity index (χ4n) is 2.43. The number of hydrogen-bond donors (Lipinski definition) is 1. The molecule has 0 aromatic heterocycles. The van der Waals surface area contributed by atoms with Crippen molar-refractivity contribution < 1.29 is 14.6 Å². The Labute approximate surface area is 128 Å². The Balaban J connectivity index is 2.51. The molecule has 0 fully saturated rings. The van der Waals surface area contributed by atoms with Gasteiger partial charge >= 0.3 is 0 Å². The SMILES string of the molecule is CCOCC(O)CN(CC)C(C)Cc1ccc(OC)cc1. The van der Waals surface area contributed by atoms with Gasteiger partial charge in [0.1, 0.15) is 5.75 Å². The first kappa shape index (κ1) is 18.0. The van der Waals surface area contributed by atoms with Crippen LogP contribution in [0.3, 0.4) is 0 Å². The summed E-state index contributed by atoms with van der Waals surface area (Å²) in [6, 6.07) is 8.55. The topological polar surface area (TPSA) is 41.9 Å². The molecular formula is C17H29NO3. The van der Waals surface area contributed by atoms with Crippen LogP contribution in [0, 0.1) is 0 Å². The molecule has 0 radical (unpaired) electrons. The van der Waals surface area contributed by atoms with Gasteiger partial charge in [0.25, 0.3) is 0 Å². The number of ether oxygens (including phenoxy) is 2. The third-order valence-electron chi connectivity index (χ3n) is 3.68. The fourth-order valence-corrected chi connectivity index (χ4v) is 2.43. The van der Waals surface area contributed by atoms with E-state index in [2.05, 4.69) is 30.9 Å². The minimum atomic E-state index is -0.428. The number of rotatable bonds is 10. The van der Waals surface area contributed by atoms with E-state index in [0.717, 1.165) is 18.7 Å². The third kappa shape index (κ3) is 6.46. The predicted octanol–water partition coefficient (Wildman–Crippen LogP) is 2.35. The van der Waals surface area contributed by atoms with Gasteiger partial charge in [-0.3, -0.25) is 4.90 Å². The molecule has 4 heteroatoms. The van der Waals surface area contributed by atoms with Crippen LogP contribution in [0.4, 0.5) is 0 Å². The maximum Gasteiger partial charge on any atom is 0.118 e. The summed E-state index contributed by atoms with van der Waals surface area (Å²) in [4.78, 5) is 2.29. The molecule has 2 unspecified atom stereocenters. The van der Waals surface area contributed by atoms with Crippen LogP contribution >= 0.6 is 0 Å². The monoisotopic (exact) mass is 295 g/mol. The predicted molar refractivity (Wildman–Crippen MR) is 85.9 cm³/mol. The number of likely N-dealkylation sites (N-methyl/N-ethyl adjacent to an activating group) is 1. The van der Waals surface area contributed by atoms with Crippen molar-refractivity contribution in [2.75, 3.05) is 33.4 Å². The summed E-state index contributed by atoms with van der Waals surface area (Å²) in [6.45, 7) is 8.87. The minimum Gasteiger partial charge on any atom is -0.497 e. The molecule has 1 rings (SSSR count). The van der Waals surface area contributed by atoms with Crippen LogP contribution in [0.15, 0.2) is 24.3 Å². The number of nitrogens with zero attached hydrogens (tertiary/aromatic N) is 1. The lowest BCUT2D eigenvalue weighted by Crippen LogP contribution is -2.41.